The maximum absolute atomic E-state index is 12.0. The van der Waals surface area contributed by atoms with Crippen LogP contribution in [0.5, 0.6) is 0 Å². The van der Waals surface area contributed by atoms with E-state index in [4.69, 9.17) is 10.9 Å². The summed E-state index contributed by atoms with van der Waals surface area (Å²) in [5.41, 5.74) is 7.83. The standard InChI is InChI=1S/C15H21N3O2/c1-10-6-7-12(15(16)18-20)9-13(10)17-14(19)8-11-4-2-3-5-11/h6-7,9,11,20H,2-5,8H2,1H3,(H2,16,18)(H,17,19). The van der Waals surface area contributed by atoms with Crippen LogP contribution in [-0.2, 0) is 4.79 Å². The fourth-order valence-electron chi connectivity index (χ4n) is 2.65. The second kappa shape index (κ2) is 6.41. The lowest BCUT2D eigenvalue weighted by molar-refractivity contribution is -0.117. The van der Waals surface area contributed by atoms with Crippen molar-refractivity contribution in [3.63, 3.8) is 0 Å². The molecule has 4 N–H and O–H groups in total. The second-order valence-electron chi connectivity index (χ2n) is 5.42. The Morgan fingerprint density at radius 3 is 2.80 bits per heavy atom. The number of nitrogens with zero attached hydrogens (tertiary/aromatic N) is 1. The average Bonchev–Trinajstić information content (AvgIpc) is 2.93. The molecule has 108 valence electrons. The highest BCUT2D eigenvalue weighted by Crippen LogP contribution is 2.28. The van der Waals surface area contributed by atoms with Gasteiger partial charge in [-0.25, -0.2) is 0 Å². The fraction of sp³-hybridized carbons (Fsp3) is 0.467. The predicted octanol–water partition coefficient (Wildman–Crippen LogP) is 2.61. The van der Waals surface area contributed by atoms with Gasteiger partial charge < -0.3 is 16.3 Å². The molecule has 1 aliphatic carbocycles. The van der Waals surface area contributed by atoms with Crippen LogP contribution in [0.3, 0.4) is 0 Å². The molecule has 0 unspecified atom stereocenters. The number of carbonyl (C=O) groups excluding carboxylic acids is 1. The Morgan fingerprint density at radius 1 is 1.45 bits per heavy atom. The van der Waals surface area contributed by atoms with Crippen LogP contribution < -0.4 is 11.1 Å². The molecular weight excluding hydrogens is 254 g/mol. The molecule has 1 fully saturated rings. The molecule has 20 heavy (non-hydrogen) atoms. The van der Waals surface area contributed by atoms with E-state index in [1.807, 2.05) is 13.0 Å². The van der Waals surface area contributed by atoms with Gasteiger partial charge in [-0.2, -0.15) is 0 Å². The van der Waals surface area contributed by atoms with E-state index in [0.29, 0.717) is 17.9 Å². The molecule has 5 heteroatoms. The van der Waals surface area contributed by atoms with Crippen molar-refractivity contribution >= 4 is 17.4 Å². The van der Waals surface area contributed by atoms with E-state index in [9.17, 15) is 4.79 Å². The SMILES string of the molecule is Cc1ccc(C(N)=NO)cc1NC(=O)CC1CCCC1. The van der Waals surface area contributed by atoms with Gasteiger partial charge >= 0.3 is 0 Å². The van der Waals surface area contributed by atoms with Crippen LogP contribution in [0.4, 0.5) is 5.69 Å². The molecule has 1 aliphatic rings. The van der Waals surface area contributed by atoms with Crippen molar-refractivity contribution in [1.82, 2.24) is 0 Å². The van der Waals surface area contributed by atoms with Crippen molar-refractivity contribution < 1.29 is 10.0 Å². The van der Waals surface area contributed by atoms with Crippen LogP contribution in [0.25, 0.3) is 0 Å². The third-order valence-corrected chi connectivity index (χ3v) is 3.86. The van der Waals surface area contributed by atoms with Gasteiger partial charge in [0.15, 0.2) is 5.84 Å². The maximum Gasteiger partial charge on any atom is 0.224 e. The van der Waals surface area contributed by atoms with Crippen molar-refractivity contribution in [3.05, 3.63) is 29.3 Å². The molecule has 0 saturated heterocycles. The van der Waals surface area contributed by atoms with Crippen LogP contribution in [-0.4, -0.2) is 17.0 Å². The maximum atomic E-state index is 12.0. The van der Waals surface area contributed by atoms with Crippen LogP contribution in [0.1, 0.15) is 43.2 Å². The van der Waals surface area contributed by atoms with E-state index in [-0.39, 0.29) is 11.7 Å². The largest absolute Gasteiger partial charge is 0.409 e. The lowest BCUT2D eigenvalue weighted by atomic mass is 10.0. The quantitative estimate of drug-likeness (QED) is 0.341. The normalized spacial score (nSPS) is 16.4. The molecule has 0 radical (unpaired) electrons. The first-order valence-electron chi connectivity index (χ1n) is 6.98. The smallest absolute Gasteiger partial charge is 0.224 e. The average molecular weight is 275 g/mol. The summed E-state index contributed by atoms with van der Waals surface area (Å²) in [6.45, 7) is 1.92. The van der Waals surface area contributed by atoms with Gasteiger partial charge in [0.05, 0.1) is 0 Å². The predicted molar refractivity (Wildman–Crippen MR) is 78.9 cm³/mol. The monoisotopic (exact) mass is 275 g/mol. The van der Waals surface area contributed by atoms with E-state index in [1.165, 1.54) is 12.8 Å². The zero-order valence-corrected chi connectivity index (χ0v) is 11.7. The summed E-state index contributed by atoms with van der Waals surface area (Å²) in [6.07, 6.45) is 5.34. The van der Waals surface area contributed by atoms with E-state index < -0.39 is 0 Å². The molecule has 0 bridgehead atoms. The lowest BCUT2D eigenvalue weighted by Crippen LogP contribution is -2.17. The zero-order chi connectivity index (χ0) is 14.5. The molecule has 0 aliphatic heterocycles. The number of anilines is 1. The summed E-state index contributed by atoms with van der Waals surface area (Å²) in [7, 11) is 0. The molecular formula is C15H21N3O2. The highest BCUT2D eigenvalue weighted by atomic mass is 16.4. The number of amidine groups is 1. The molecule has 0 heterocycles. The van der Waals surface area contributed by atoms with Crippen molar-refractivity contribution in [2.45, 2.75) is 39.0 Å². The van der Waals surface area contributed by atoms with Crippen molar-refractivity contribution in [2.24, 2.45) is 16.8 Å². The number of nitrogens with one attached hydrogen (secondary N) is 1. The molecule has 1 amide bonds. The number of hydrogen-bond donors (Lipinski definition) is 3. The molecule has 5 nitrogen and oxygen atoms in total. The number of amides is 1. The minimum absolute atomic E-state index is 0.0382. The number of nitrogens with two attached hydrogens (primary N) is 1. The number of oxime groups is 1. The Balaban J connectivity index is 2.05. The molecule has 1 saturated carbocycles. The summed E-state index contributed by atoms with van der Waals surface area (Å²) >= 11 is 0. The topological polar surface area (TPSA) is 87.7 Å². The molecule has 2 rings (SSSR count). The van der Waals surface area contributed by atoms with Gasteiger partial charge in [-0.1, -0.05) is 30.1 Å². The third kappa shape index (κ3) is 3.50. The zero-order valence-electron chi connectivity index (χ0n) is 11.7. The lowest BCUT2D eigenvalue weighted by Gasteiger charge is -2.12. The third-order valence-electron chi connectivity index (χ3n) is 3.86. The van der Waals surface area contributed by atoms with Crippen LogP contribution >= 0.6 is 0 Å². The number of benzene rings is 1. The summed E-state index contributed by atoms with van der Waals surface area (Å²) in [4.78, 5) is 12.0. The number of rotatable bonds is 4. The van der Waals surface area contributed by atoms with Crippen LogP contribution in [0.15, 0.2) is 23.4 Å². The highest BCUT2D eigenvalue weighted by molar-refractivity contribution is 5.99. The Morgan fingerprint density at radius 2 is 2.15 bits per heavy atom. The first-order chi connectivity index (χ1) is 9.60. The Bertz CT molecular complexity index is 520. The number of aryl methyl sites for hydroxylation is 1. The number of carbonyl (C=O) groups is 1. The number of hydrogen-bond acceptors (Lipinski definition) is 3. The van der Waals surface area contributed by atoms with Crippen molar-refractivity contribution in [3.8, 4) is 0 Å². The van der Waals surface area contributed by atoms with Crippen molar-refractivity contribution in [2.75, 3.05) is 5.32 Å². The molecule has 0 spiro atoms. The Kier molecular flexibility index (Phi) is 4.61. The van der Waals surface area contributed by atoms with E-state index in [2.05, 4.69) is 10.5 Å². The molecule has 1 aromatic carbocycles. The molecule has 0 aromatic heterocycles. The Hall–Kier alpha value is -2.04. The minimum Gasteiger partial charge on any atom is -0.409 e. The van der Waals surface area contributed by atoms with Gasteiger partial charge in [0.25, 0.3) is 0 Å². The van der Waals surface area contributed by atoms with E-state index in [1.54, 1.807) is 12.1 Å². The van der Waals surface area contributed by atoms with Crippen LogP contribution in [0, 0.1) is 12.8 Å². The molecule has 0 atom stereocenters. The van der Waals surface area contributed by atoms with Gasteiger partial charge in [0.1, 0.15) is 0 Å². The summed E-state index contributed by atoms with van der Waals surface area (Å²) in [5.74, 6) is 0.593. The van der Waals surface area contributed by atoms with Crippen LogP contribution in [0.2, 0.25) is 0 Å². The van der Waals surface area contributed by atoms with E-state index >= 15 is 0 Å². The van der Waals surface area contributed by atoms with Crippen molar-refractivity contribution in [1.29, 1.82) is 0 Å². The van der Waals surface area contributed by atoms with Gasteiger partial charge in [0.2, 0.25) is 5.91 Å². The first-order valence-corrected chi connectivity index (χ1v) is 6.98. The molecule has 1 aromatic rings. The summed E-state index contributed by atoms with van der Waals surface area (Å²) in [6, 6.07) is 5.34. The van der Waals surface area contributed by atoms with Gasteiger partial charge in [-0.3, -0.25) is 4.79 Å². The van der Waals surface area contributed by atoms with E-state index in [0.717, 1.165) is 24.1 Å². The fourth-order valence-corrected chi connectivity index (χ4v) is 2.65. The summed E-state index contributed by atoms with van der Waals surface area (Å²) < 4.78 is 0. The first kappa shape index (κ1) is 14.4. The Labute approximate surface area is 118 Å². The highest BCUT2D eigenvalue weighted by Gasteiger charge is 2.18. The summed E-state index contributed by atoms with van der Waals surface area (Å²) in [5, 5.41) is 14.6. The van der Waals surface area contributed by atoms with Gasteiger partial charge in [0, 0.05) is 17.7 Å². The minimum atomic E-state index is 0.0382. The van der Waals surface area contributed by atoms with Gasteiger partial charge in [-0.15, -0.1) is 0 Å². The second-order valence-corrected chi connectivity index (χ2v) is 5.42. The van der Waals surface area contributed by atoms with Gasteiger partial charge in [-0.05, 0) is 37.3 Å².